The first-order valence-corrected chi connectivity index (χ1v) is 4.92. The number of rotatable bonds is 2. The van der Waals surface area contributed by atoms with E-state index in [1.807, 2.05) is 0 Å². The number of hydrogen-bond donors (Lipinski definition) is 1. The molecule has 0 bridgehead atoms. The molecular formula is C13H9FO3. The van der Waals surface area contributed by atoms with Gasteiger partial charge in [0.2, 0.25) is 0 Å². The lowest BCUT2D eigenvalue weighted by atomic mass is 10.2. The van der Waals surface area contributed by atoms with Gasteiger partial charge in [-0.25, -0.2) is 9.18 Å². The van der Waals surface area contributed by atoms with Crippen molar-refractivity contribution in [3.63, 3.8) is 0 Å². The Hall–Kier alpha value is -2.36. The van der Waals surface area contributed by atoms with E-state index in [0.717, 1.165) is 6.07 Å². The van der Waals surface area contributed by atoms with E-state index in [0.29, 0.717) is 0 Å². The van der Waals surface area contributed by atoms with Crippen molar-refractivity contribution in [1.82, 2.24) is 0 Å². The van der Waals surface area contributed by atoms with Gasteiger partial charge in [0.15, 0.2) is 0 Å². The van der Waals surface area contributed by atoms with Gasteiger partial charge in [0, 0.05) is 6.07 Å². The minimum Gasteiger partial charge on any atom is -0.508 e. The van der Waals surface area contributed by atoms with Gasteiger partial charge in [0.1, 0.15) is 17.3 Å². The number of phenolic OH excluding ortho intramolecular Hbond substituents is 1. The summed E-state index contributed by atoms with van der Waals surface area (Å²) < 4.78 is 17.8. The fourth-order valence-corrected chi connectivity index (χ4v) is 1.29. The molecule has 4 heteroatoms. The lowest BCUT2D eigenvalue weighted by molar-refractivity contribution is 0.0734. The maximum atomic E-state index is 12.8. The molecule has 2 aromatic carbocycles. The van der Waals surface area contributed by atoms with Gasteiger partial charge in [-0.15, -0.1) is 0 Å². The number of phenols is 1. The monoisotopic (exact) mass is 232 g/mol. The van der Waals surface area contributed by atoms with Crippen molar-refractivity contribution < 1.29 is 19.0 Å². The second-order valence-corrected chi connectivity index (χ2v) is 3.39. The minimum absolute atomic E-state index is 0.0623. The maximum absolute atomic E-state index is 12.8. The molecule has 0 radical (unpaired) electrons. The van der Waals surface area contributed by atoms with Gasteiger partial charge in [-0.3, -0.25) is 0 Å². The Morgan fingerprint density at radius 3 is 2.47 bits per heavy atom. The third-order valence-corrected chi connectivity index (χ3v) is 2.11. The molecule has 0 aliphatic carbocycles. The van der Waals surface area contributed by atoms with E-state index in [-0.39, 0.29) is 17.1 Å². The molecule has 86 valence electrons. The molecule has 0 aliphatic rings. The Labute approximate surface area is 97.1 Å². The molecular weight excluding hydrogens is 223 g/mol. The summed E-state index contributed by atoms with van der Waals surface area (Å²) in [6.07, 6.45) is 0. The van der Waals surface area contributed by atoms with Gasteiger partial charge in [-0.1, -0.05) is 6.07 Å². The molecule has 17 heavy (non-hydrogen) atoms. The van der Waals surface area contributed by atoms with Crippen molar-refractivity contribution in [1.29, 1.82) is 0 Å². The van der Waals surface area contributed by atoms with Crippen LogP contribution in [0.1, 0.15) is 10.4 Å². The number of carbonyl (C=O) groups is 1. The van der Waals surface area contributed by atoms with Crippen LogP contribution in [0.25, 0.3) is 0 Å². The summed E-state index contributed by atoms with van der Waals surface area (Å²) in [5.74, 6) is -0.869. The van der Waals surface area contributed by atoms with Crippen LogP contribution in [0.5, 0.6) is 11.5 Å². The van der Waals surface area contributed by atoms with Crippen molar-refractivity contribution in [2.24, 2.45) is 0 Å². The van der Waals surface area contributed by atoms with E-state index in [1.54, 1.807) is 0 Å². The lowest BCUT2D eigenvalue weighted by Gasteiger charge is -2.04. The van der Waals surface area contributed by atoms with Gasteiger partial charge in [-0.05, 0) is 36.4 Å². The average Bonchev–Trinajstić information content (AvgIpc) is 2.29. The molecule has 0 amide bonds. The first-order chi connectivity index (χ1) is 8.15. The van der Waals surface area contributed by atoms with E-state index in [9.17, 15) is 9.18 Å². The molecule has 0 spiro atoms. The molecule has 0 aromatic heterocycles. The number of benzene rings is 2. The fraction of sp³-hybridized carbons (Fsp3) is 0. The van der Waals surface area contributed by atoms with Crippen molar-refractivity contribution in [3.05, 3.63) is 59.9 Å². The highest BCUT2D eigenvalue weighted by Crippen LogP contribution is 2.15. The smallest absolute Gasteiger partial charge is 0.343 e. The number of carbonyl (C=O) groups excluding carboxylic acids is 1. The number of aromatic hydroxyl groups is 1. The van der Waals surface area contributed by atoms with Crippen LogP contribution in [-0.2, 0) is 0 Å². The zero-order valence-electron chi connectivity index (χ0n) is 8.76. The molecule has 2 rings (SSSR count). The van der Waals surface area contributed by atoms with Crippen molar-refractivity contribution in [2.75, 3.05) is 0 Å². The molecule has 0 fully saturated rings. The van der Waals surface area contributed by atoms with Gasteiger partial charge >= 0.3 is 5.97 Å². The Kier molecular flexibility index (Phi) is 3.05. The highest BCUT2D eigenvalue weighted by molar-refractivity contribution is 5.91. The summed E-state index contributed by atoms with van der Waals surface area (Å²) in [7, 11) is 0. The van der Waals surface area contributed by atoms with Crippen molar-refractivity contribution >= 4 is 5.97 Å². The lowest BCUT2D eigenvalue weighted by Crippen LogP contribution is -2.08. The second kappa shape index (κ2) is 4.65. The van der Waals surface area contributed by atoms with Crippen LogP contribution in [0.15, 0.2) is 48.5 Å². The van der Waals surface area contributed by atoms with Crippen LogP contribution in [0.2, 0.25) is 0 Å². The Morgan fingerprint density at radius 1 is 1.12 bits per heavy atom. The Morgan fingerprint density at radius 2 is 1.82 bits per heavy atom. The van der Waals surface area contributed by atoms with Crippen LogP contribution in [0.4, 0.5) is 4.39 Å². The molecule has 0 heterocycles. The number of hydrogen-bond acceptors (Lipinski definition) is 3. The minimum atomic E-state index is -0.601. The molecule has 0 aliphatic heterocycles. The maximum Gasteiger partial charge on any atom is 0.343 e. The predicted octanol–water partition coefficient (Wildman–Crippen LogP) is 2.75. The molecule has 0 atom stereocenters. The normalized spacial score (nSPS) is 9.94. The largest absolute Gasteiger partial charge is 0.508 e. The van der Waals surface area contributed by atoms with E-state index in [4.69, 9.17) is 9.84 Å². The number of esters is 1. The topological polar surface area (TPSA) is 46.5 Å². The van der Waals surface area contributed by atoms with Crippen LogP contribution < -0.4 is 4.74 Å². The summed E-state index contributed by atoms with van der Waals surface area (Å²) in [6.45, 7) is 0. The van der Waals surface area contributed by atoms with Crippen LogP contribution in [-0.4, -0.2) is 11.1 Å². The highest BCUT2D eigenvalue weighted by atomic mass is 19.1. The fourth-order valence-electron chi connectivity index (χ4n) is 1.29. The average molecular weight is 232 g/mol. The molecule has 3 nitrogen and oxygen atoms in total. The number of halogens is 1. The molecule has 1 N–H and O–H groups in total. The van der Waals surface area contributed by atoms with Gasteiger partial charge in [-0.2, -0.15) is 0 Å². The van der Waals surface area contributed by atoms with Gasteiger partial charge < -0.3 is 9.84 Å². The Bertz CT molecular complexity index is 535. The highest BCUT2D eigenvalue weighted by Gasteiger charge is 2.08. The SMILES string of the molecule is O=C(Oc1cccc(F)c1)c1ccc(O)cc1. The zero-order chi connectivity index (χ0) is 12.3. The molecule has 0 unspecified atom stereocenters. The van der Waals surface area contributed by atoms with Crippen molar-refractivity contribution in [2.45, 2.75) is 0 Å². The Balaban J connectivity index is 2.14. The zero-order valence-corrected chi connectivity index (χ0v) is 8.76. The third kappa shape index (κ3) is 2.81. The van der Waals surface area contributed by atoms with Crippen LogP contribution in [0, 0.1) is 5.82 Å². The van der Waals surface area contributed by atoms with E-state index in [2.05, 4.69) is 0 Å². The summed E-state index contributed by atoms with van der Waals surface area (Å²) in [5, 5.41) is 9.06. The summed E-state index contributed by atoms with van der Waals surface area (Å²) in [5.41, 5.74) is 0.284. The first kappa shape index (κ1) is 11.1. The van der Waals surface area contributed by atoms with Crippen molar-refractivity contribution in [3.8, 4) is 11.5 Å². The molecule has 0 saturated heterocycles. The molecule has 2 aromatic rings. The summed E-state index contributed by atoms with van der Waals surface area (Å²) in [6, 6.07) is 10.9. The summed E-state index contributed by atoms with van der Waals surface area (Å²) in [4.78, 5) is 11.6. The quantitative estimate of drug-likeness (QED) is 0.639. The first-order valence-electron chi connectivity index (χ1n) is 4.92. The second-order valence-electron chi connectivity index (χ2n) is 3.39. The van der Waals surface area contributed by atoms with Gasteiger partial charge in [0.25, 0.3) is 0 Å². The van der Waals surface area contributed by atoms with E-state index >= 15 is 0 Å². The van der Waals surface area contributed by atoms with Crippen LogP contribution in [0.3, 0.4) is 0 Å². The van der Waals surface area contributed by atoms with E-state index in [1.165, 1.54) is 42.5 Å². The van der Waals surface area contributed by atoms with E-state index < -0.39 is 11.8 Å². The van der Waals surface area contributed by atoms with Crippen LogP contribution >= 0.6 is 0 Å². The predicted molar refractivity (Wildman–Crippen MR) is 59.5 cm³/mol. The van der Waals surface area contributed by atoms with Gasteiger partial charge in [0.05, 0.1) is 5.56 Å². The summed E-state index contributed by atoms with van der Waals surface area (Å²) >= 11 is 0. The number of ether oxygens (including phenoxy) is 1. The molecule has 0 saturated carbocycles. The standard InChI is InChI=1S/C13H9FO3/c14-10-2-1-3-12(8-10)17-13(16)9-4-6-11(15)7-5-9/h1-8,15H. The third-order valence-electron chi connectivity index (χ3n) is 2.11.